The summed E-state index contributed by atoms with van der Waals surface area (Å²) in [6.07, 6.45) is 1.99. The van der Waals surface area contributed by atoms with Gasteiger partial charge in [0.05, 0.1) is 14.7 Å². The minimum absolute atomic E-state index is 0.652. The minimum Gasteiger partial charge on any atom is -0.520 e. The highest BCUT2D eigenvalue weighted by atomic mass is 28.4. The Balaban J connectivity index is 5.72. The molecule has 112 valence electrons. The van der Waals surface area contributed by atoms with Crippen molar-refractivity contribution >= 4 is 16.4 Å². The number of allylic oxidation sites excluding steroid dienone is 2. The van der Waals surface area contributed by atoms with Crippen molar-refractivity contribution in [1.82, 2.24) is 0 Å². The minimum atomic E-state index is -1.66. The van der Waals surface area contributed by atoms with E-state index in [4.69, 9.17) is 9.16 Å². The van der Waals surface area contributed by atoms with E-state index in [2.05, 4.69) is 47.0 Å². The van der Waals surface area contributed by atoms with Gasteiger partial charge in [-0.2, -0.15) is 0 Å². The van der Waals surface area contributed by atoms with Gasteiger partial charge in [-0.25, -0.2) is 0 Å². The molecule has 0 aromatic carbocycles. The van der Waals surface area contributed by atoms with E-state index in [1.165, 1.54) is 23.3 Å². The standard InChI is InChI=1S/C15H32O2Si2/c1-9-14(19(11-3,12-4)13-5)15(16-10-2)17-18(6,7)8/h9H,1,10-13H2,2-8H3/b15-14+. The van der Waals surface area contributed by atoms with Crippen molar-refractivity contribution < 1.29 is 9.16 Å². The largest absolute Gasteiger partial charge is 0.520 e. The first-order valence-corrected chi connectivity index (χ1v) is 13.5. The normalized spacial score (nSPS) is 13.8. The molecule has 2 nitrogen and oxygen atoms in total. The summed E-state index contributed by atoms with van der Waals surface area (Å²) in [5, 5.41) is 1.28. The monoisotopic (exact) mass is 300 g/mol. The first-order chi connectivity index (χ1) is 8.80. The number of hydrogen-bond donors (Lipinski definition) is 0. The molecule has 4 heteroatoms. The summed E-state index contributed by atoms with van der Waals surface area (Å²) in [7, 11) is -3.18. The Morgan fingerprint density at radius 1 is 1.00 bits per heavy atom. The Kier molecular flexibility index (Phi) is 7.74. The molecule has 0 saturated heterocycles. The van der Waals surface area contributed by atoms with Crippen LogP contribution < -0.4 is 0 Å². The Morgan fingerprint density at radius 2 is 1.47 bits per heavy atom. The van der Waals surface area contributed by atoms with Crippen LogP contribution in [0.4, 0.5) is 0 Å². The lowest BCUT2D eigenvalue weighted by Gasteiger charge is -2.33. The molecule has 0 aromatic rings. The van der Waals surface area contributed by atoms with E-state index >= 15 is 0 Å². The SMILES string of the molecule is C=C/C(=C(/OCC)O[Si](C)(C)C)[Si](CC)(CC)CC. The zero-order valence-corrected chi connectivity index (χ0v) is 15.9. The molecule has 0 radical (unpaired) electrons. The maximum absolute atomic E-state index is 6.20. The van der Waals surface area contributed by atoms with E-state index in [1.54, 1.807) is 0 Å². The van der Waals surface area contributed by atoms with E-state index in [9.17, 15) is 0 Å². The molecule has 0 aliphatic rings. The van der Waals surface area contributed by atoms with Crippen molar-refractivity contribution in [2.45, 2.75) is 65.5 Å². The molecule has 0 unspecified atom stereocenters. The zero-order chi connectivity index (χ0) is 15.1. The maximum Gasteiger partial charge on any atom is 0.264 e. The summed E-state index contributed by atoms with van der Waals surface area (Å²) in [6, 6.07) is 3.65. The Morgan fingerprint density at radius 3 is 1.74 bits per heavy atom. The molecule has 0 saturated carbocycles. The summed E-state index contributed by atoms with van der Waals surface area (Å²) >= 11 is 0. The van der Waals surface area contributed by atoms with Gasteiger partial charge in [-0.15, -0.1) is 0 Å². The van der Waals surface area contributed by atoms with Crippen LogP contribution in [0.3, 0.4) is 0 Å². The Bertz CT molecular complexity index is 304. The molecule has 0 N–H and O–H groups in total. The van der Waals surface area contributed by atoms with Crippen molar-refractivity contribution in [3.8, 4) is 0 Å². The third kappa shape index (κ3) is 5.18. The average Bonchev–Trinajstić information content (AvgIpc) is 2.34. The van der Waals surface area contributed by atoms with E-state index in [0.29, 0.717) is 6.61 Å². The van der Waals surface area contributed by atoms with Crippen molar-refractivity contribution in [2.75, 3.05) is 6.61 Å². The zero-order valence-electron chi connectivity index (χ0n) is 13.9. The van der Waals surface area contributed by atoms with Crippen LogP contribution in [0, 0.1) is 0 Å². The second-order valence-electron chi connectivity index (χ2n) is 5.89. The van der Waals surface area contributed by atoms with Crippen LogP contribution >= 0.6 is 0 Å². The fraction of sp³-hybridized carbons (Fsp3) is 0.733. The van der Waals surface area contributed by atoms with Gasteiger partial charge in [0, 0.05) is 5.20 Å². The van der Waals surface area contributed by atoms with Gasteiger partial charge in [0.1, 0.15) is 0 Å². The molecule has 0 aliphatic heterocycles. The molecule has 0 aliphatic carbocycles. The second-order valence-corrected chi connectivity index (χ2v) is 15.5. The van der Waals surface area contributed by atoms with Crippen LogP contribution in [0.1, 0.15) is 27.7 Å². The summed E-state index contributed by atoms with van der Waals surface area (Å²) in [5.74, 6) is 0.772. The van der Waals surface area contributed by atoms with E-state index < -0.39 is 16.4 Å². The van der Waals surface area contributed by atoms with Gasteiger partial charge in [0.25, 0.3) is 5.95 Å². The van der Waals surface area contributed by atoms with Gasteiger partial charge in [0.2, 0.25) is 8.32 Å². The lowest BCUT2D eigenvalue weighted by atomic mass is 10.6. The first kappa shape index (κ1) is 18.5. The van der Waals surface area contributed by atoms with Gasteiger partial charge < -0.3 is 9.16 Å². The van der Waals surface area contributed by atoms with E-state index in [1.807, 2.05) is 13.0 Å². The molecule has 0 rings (SSSR count). The summed E-state index contributed by atoms with van der Waals surface area (Å²) in [4.78, 5) is 0. The van der Waals surface area contributed by atoms with Gasteiger partial charge in [-0.3, -0.25) is 0 Å². The highest BCUT2D eigenvalue weighted by Crippen LogP contribution is 2.33. The second kappa shape index (κ2) is 7.95. The highest BCUT2D eigenvalue weighted by Gasteiger charge is 2.35. The van der Waals surface area contributed by atoms with Crippen molar-refractivity contribution in [1.29, 1.82) is 0 Å². The predicted octanol–water partition coefficient (Wildman–Crippen LogP) is 5.32. The molecule has 0 aromatic heterocycles. The number of hydrogen-bond acceptors (Lipinski definition) is 2. The van der Waals surface area contributed by atoms with Crippen LogP contribution in [0.5, 0.6) is 0 Å². The quantitative estimate of drug-likeness (QED) is 0.326. The fourth-order valence-corrected chi connectivity index (χ4v) is 6.87. The molecule has 0 fully saturated rings. The molecule has 0 amide bonds. The summed E-state index contributed by atoms with van der Waals surface area (Å²) in [5.41, 5.74) is 0. The molecule has 0 atom stereocenters. The topological polar surface area (TPSA) is 18.5 Å². The summed E-state index contributed by atoms with van der Waals surface area (Å²) in [6.45, 7) is 20.2. The number of ether oxygens (including phenoxy) is 1. The Labute approximate surface area is 122 Å². The highest BCUT2D eigenvalue weighted by molar-refractivity contribution is 6.87. The molecule has 19 heavy (non-hydrogen) atoms. The third-order valence-corrected chi connectivity index (χ3v) is 10.1. The van der Waals surface area contributed by atoms with Crippen LogP contribution in [-0.2, 0) is 9.16 Å². The first-order valence-electron chi connectivity index (χ1n) is 7.49. The number of rotatable bonds is 9. The lowest BCUT2D eigenvalue weighted by molar-refractivity contribution is 0.111. The molecule has 0 heterocycles. The molecular formula is C15H32O2Si2. The van der Waals surface area contributed by atoms with Crippen molar-refractivity contribution in [3.63, 3.8) is 0 Å². The smallest absolute Gasteiger partial charge is 0.264 e. The molecule has 0 spiro atoms. The van der Waals surface area contributed by atoms with Crippen LogP contribution in [0.25, 0.3) is 0 Å². The van der Waals surface area contributed by atoms with Crippen molar-refractivity contribution in [3.05, 3.63) is 23.8 Å². The molecular weight excluding hydrogens is 268 g/mol. The van der Waals surface area contributed by atoms with Gasteiger partial charge >= 0.3 is 0 Å². The van der Waals surface area contributed by atoms with Gasteiger partial charge in [-0.1, -0.05) is 51.6 Å². The van der Waals surface area contributed by atoms with Crippen LogP contribution in [0.15, 0.2) is 23.8 Å². The maximum atomic E-state index is 6.20. The predicted molar refractivity (Wildman–Crippen MR) is 90.5 cm³/mol. The summed E-state index contributed by atoms with van der Waals surface area (Å²) < 4.78 is 12.0. The van der Waals surface area contributed by atoms with E-state index in [-0.39, 0.29) is 0 Å². The van der Waals surface area contributed by atoms with Crippen LogP contribution in [-0.4, -0.2) is 23.0 Å². The van der Waals surface area contributed by atoms with Gasteiger partial charge in [-0.05, 0) is 26.6 Å². The fourth-order valence-electron chi connectivity index (χ4n) is 2.41. The molecule has 0 bridgehead atoms. The van der Waals surface area contributed by atoms with Crippen LogP contribution in [0.2, 0.25) is 37.8 Å². The average molecular weight is 301 g/mol. The third-order valence-electron chi connectivity index (χ3n) is 3.70. The lowest BCUT2D eigenvalue weighted by Crippen LogP contribution is -2.37. The Hall–Kier alpha value is -0.486. The van der Waals surface area contributed by atoms with E-state index in [0.717, 1.165) is 5.95 Å². The van der Waals surface area contributed by atoms with Gasteiger partial charge in [0.15, 0.2) is 0 Å². The van der Waals surface area contributed by atoms with Crippen molar-refractivity contribution in [2.24, 2.45) is 0 Å².